The molecule has 2 nitrogen and oxygen atoms in total. The van der Waals surface area contributed by atoms with Crippen LogP contribution in [-0.2, 0) is 4.74 Å². The van der Waals surface area contributed by atoms with Crippen LogP contribution in [0.1, 0.15) is 11.6 Å². The molecule has 92 valence electrons. The van der Waals surface area contributed by atoms with Gasteiger partial charge in [0.25, 0.3) is 0 Å². The normalized spacial score (nSPS) is 12.0. The Labute approximate surface area is 108 Å². The van der Waals surface area contributed by atoms with Gasteiger partial charge in [0.05, 0.1) is 18.4 Å². The van der Waals surface area contributed by atoms with Crippen molar-refractivity contribution in [1.29, 1.82) is 0 Å². The summed E-state index contributed by atoms with van der Waals surface area (Å²) in [7, 11) is 1.73. The van der Waals surface area contributed by atoms with Crippen molar-refractivity contribution in [3.8, 4) is 12.3 Å². The van der Waals surface area contributed by atoms with E-state index in [1.54, 1.807) is 18.9 Å². The lowest BCUT2D eigenvalue weighted by atomic mass is 10.1. The molecule has 0 aromatic heterocycles. The topological polar surface area (TPSA) is 21.3 Å². The van der Waals surface area contributed by atoms with Gasteiger partial charge in [-0.1, -0.05) is 36.3 Å². The van der Waals surface area contributed by atoms with Crippen molar-refractivity contribution in [3.05, 3.63) is 35.9 Å². The lowest BCUT2D eigenvalue weighted by Crippen LogP contribution is -2.27. The molecular formula is C14H19NOS. The van der Waals surface area contributed by atoms with Gasteiger partial charge in [-0.15, -0.1) is 18.2 Å². The van der Waals surface area contributed by atoms with Crippen LogP contribution in [0.2, 0.25) is 0 Å². The Morgan fingerprint density at radius 1 is 1.41 bits per heavy atom. The molecule has 1 aromatic carbocycles. The third kappa shape index (κ3) is 5.78. The van der Waals surface area contributed by atoms with Gasteiger partial charge < -0.3 is 10.1 Å². The first-order valence-corrected chi connectivity index (χ1v) is 6.82. The van der Waals surface area contributed by atoms with Gasteiger partial charge in [-0.2, -0.15) is 0 Å². The quantitative estimate of drug-likeness (QED) is 0.564. The fourth-order valence-electron chi connectivity index (χ4n) is 1.56. The molecule has 0 radical (unpaired) electrons. The molecule has 3 heteroatoms. The molecular weight excluding hydrogens is 230 g/mol. The summed E-state index contributed by atoms with van der Waals surface area (Å²) in [6, 6.07) is 10.6. The van der Waals surface area contributed by atoms with Crippen molar-refractivity contribution in [3.63, 3.8) is 0 Å². The van der Waals surface area contributed by atoms with Gasteiger partial charge >= 0.3 is 0 Å². The summed E-state index contributed by atoms with van der Waals surface area (Å²) in [5.74, 6) is 4.43. The molecule has 1 rings (SSSR count). The van der Waals surface area contributed by atoms with Crippen molar-refractivity contribution in [2.45, 2.75) is 6.04 Å². The van der Waals surface area contributed by atoms with Crippen LogP contribution in [0.25, 0.3) is 0 Å². The second-order valence-corrected chi connectivity index (χ2v) is 4.73. The molecule has 0 amide bonds. The first kappa shape index (κ1) is 14.1. The van der Waals surface area contributed by atoms with Crippen LogP contribution in [0.5, 0.6) is 0 Å². The molecule has 0 spiro atoms. The number of hydrogen-bond acceptors (Lipinski definition) is 3. The SMILES string of the molecule is C#CCSCCNC(COC)c1ccccc1. The van der Waals surface area contributed by atoms with Crippen molar-refractivity contribution in [2.24, 2.45) is 0 Å². The van der Waals surface area contributed by atoms with Crippen molar-refractivity contribution in [1.82, 2.24) is 5.32 Å². The third-order valence-corrected chi connectivity index (χ3v) is 3.22. The molecule has 0 fully saturated rings. The highest BCUT2D eigenvalue weighted by atomic mass is 32.2. The van der Waals surface area contributed by atoms with Gasteiger partial charge in [0.1, 0.15) is 0 Å². The van der Waals surface area contributed by atoms with Crippen LogP contribution in [0.15, 0.2) is 30.3 Å². The Balaban J connectivity index is 2.37. The molecule has 0 saturated carbocycles. The molecule has 0 aliphatic heterocycles. The minimum atomic E-state index is 0.257. The highest BCUT2D eigenvalue weighted by molar-refractivity contribution is 7.99. The maximum absolute atomic E-state index is 5.23. The predicted octanol–water partition coefficient (Wildman–Crippen LogP) is 2.33. The average Bonchev–Trinajstić information content (AvgIpc) is 2.38. The van der Waals surface area contributed by atoms with Crippen molar-refractivity contribution < 1.29 is 4.74 Å². The Hall–Kier alpha value is -0.950. The predicted molar refractivity (Wildman–Crippen MR) is 75.2 cm³/mol. The fourth-order valence-corrected chi connectivity index (χ4v) is 2.09. The summed E-state index contributed by atoms with van der Waals surface area (Å²) in [6.07, 6.45) is 5.20. The average molecular weight is 249 g/mol. The Kier molecular flexibility index (Phi) is 7.57. The van der Waals surface area contributed by atoms with E-state index in [1.165, 1.54) is 5.56 Å². The second-order valence-electron chi connectivity index (χ2n) is 3.63. The van der Waals surface area contributed by atoms with E-state index in [0.717, 1.165) is 18.1 Å². The summed E-state index contributed by atoms with van der Waals surface area (Å²) < 4.78 is 5.23. The van der Waals surface area contributed by atoms with Gasteiger partial charge in [0.2, 0.25) is 0 Å². The molecule has 1 N–H and O–H groups in total. The second kappa shape index (κ2) is 9.12. The van der Waals surface area contributed by atoms with Crippen LogP contribution >= 0.6 is 11.8 Å². The van der Waals surface area contributed by atoms with E-state index >= 15 is 0 Å². The Bertz CT molecular complexity index is 334. The summed E-state index contributed by atoms with van der Waals surface area (Å²) in [4.78, 5) is 0. The number of hydrogen-bond donors (Lipinski definition) is 1. The molecule has 1 aromatic rings. The molecule has 0 saturated heterocycles. The zero-order valence-electron chi connectivity index (χ0n) is 10.2. The van der Waals surface area contributed by atoms with E-state index in [4.69, 9.17) is 11.2 Å². The standard InChI is InChI=1S/C14H19NOS/c1-3-10-17-11-9-15-14(12-16-2)13-7-5-4-6-8-13/h1,4-8,14-15H,9-12H2,2H3. The van der Waals surface area contributed by atoms with E-state index in [9.17, 15) is 0 Å². The van der Waals surface area contributed by atoms with Crippen LogP contribution in [0.3, 0.4) is 0 Å². The van der Waals surface area contributed by atoms with Gasteiger partial charge in [0.15, 0.2) is 0 Å². The number of terminal acetylenes is 1. The van der Waals surface area contributed by atoms with E-state index in [0.29, 0.717) is 6.61 Å². The van der Waals surface area contributed by atoms with Gasteiger partial charge in [-0.3, -0.25) is 0 Å². The van der Waals surface area contributed by atoms with E-state index in [2.05, 4.69) is 23.4 Å². The number of methoxy groups -OCH3 is 1. The molecule has 0 heterocycles. The first-order valence-electron chi connectivity index (χ1n) is 5.67. The fraction of sp³-hybridized carbons (Fsp3) is 0.429. The van der Waals surface area contributed by atoms with E-state index < -0.39 is 0 Å². The van der Waals surface area contributed by atoms with Crippen LogP contribution in [-0.4, -0.2) is 31.8 Å². The third-order valence-electron chi connectivity index (χ3n) is 2.36. The molecule has 0 aliphatic rings. The summed E-state index contributed by atoms with van der Waals surface area (Å²) in [5, 5.41) is 3.48. The van der Waals surface area contributed by atoms with Gasteiger partial charge in [-0.05, 0) is 5.56 Å². The zero-order valence-corrected chi connectivity index (χ0v) is 11.0. The Morgan fingerprint density at radius 2 is 2.18 bits per heavy atom. The lowest BCUT2D eigenvalue weighted by molar-refractivity contribution is 0.168. The monoisotopic (exact) mass is 249 g/mol. The van der Waals surface area contributed by atoms with Crippen LogP contribution in [0, 0.1) is 12.3 Å². The summed E-state index contributed by atoms with van der Waals surface area (Å²) in [5.41, 5.74) is 1.26. The summed E-state index contributed by atoms with van der Waals surface area (Å²) >= 11 is 1.77. The highest BCUT2D eigenvalue weighted by Crippen LogP contribution is 2.12. The minimum Gasteiger partial charge on any atom is -0.383 e. The van der Waals surface area contributed by atoms with Crippen molar-refractivity contribution in [2.75, 3.05) is 31.8 Å². The minimum absolute atomic E-state index is 0.257. The molecule has 17 heavy (non-hydrogen) atoms. The summed E-state index contributed by atoms with van der Waals surface area (Å²) in [6.45, 7) is 1.62. The van der Waals surface area contributed by atoms with Crippen LogP contribution in [0.4, 0.5) is 0 Å². The number of nitrogens with one attached hydrogen (secondary N) is 1. The Morgan fingerprint density at radius 3 is 2.82 bits per heavy atom. The molecule has 0 bridgehead atoms. The van der Waals surface area contributed by atoms with Crippen molar-refractivity contribution >= 4 is 11.8 Å². The lowest BCUT2D eigenvalue weighted by Gasteiger charge is -2.18. The van der Waals surface area contributed by atoms with Crippen LogP contribution < -0.4 is 5.32 Å². The van der Waals surface area contributed by atoms with Gasteiger partial charge in [0, 0.05) is 19.4 Å². The first-order chi connectivity index (χ1) is 8.38. The number of ether oxygens (including phenoxy) is 1. The van der Waals surface area contributed by atoms with E-state index in [-0.39, 0.29) is 6.04 Å². The molecule has 1 atom stereocenters. The number of rotatable bonds is 8. The maximum atomic E-state index is 5.23. The van der Waals surface area contributed by atoms with E-state index in [1.807, 2.05) is 18.2 Å². The highest BCUT2D eigenvalue weighted by Gasteiger charge is 2.09. The largest absolute Gasteiger partial charge is 0.383 e. The van der Waals surface area contributed by atoms with Gasteiger partial charge in [-0.25, -0.2) is 0 Å². The zero-order chi connectivity index (χ0) is 12.3. The number of benzene rings is 1. The number of thioether (sulfide) groups is 1. The smallest absolute Gasteiger partial charge is 0.0657 e. The maximum Gasteiger partial charge on any atom is 0.0657 e. The molecule has 1 unspecified atom stereocenters. The molecule has 0 aliphatic carbocycles.